The topological polar surface area (TPSA) is 107 Å². The first-order valence-corrected chi connectivity index (χ1v) is 13.4. The molecule has 206 valence electrons. The molecule has 2 bridgehead atoms. The predicted octanol–water partition coefficient (Wildman–Crippen LogP) is 3.65. The summed E-state index contributed by atoms with van der Waals surface area (Å²) >= 11 is 0. The number of carboxylic acids is 1. The zero-order valence-electron chi connectivity index (χ0n) is 22.8. The molecular weight excluding hydrogens is 496 g/mol. The maximum Gasteiger partial charge on any atom is 0.310 e. The third-order valence-electron chi connectivity index (χ3n) is 9.18. The van der Waals surface area contributed by atoms with Gasteiger partial charge in [0, 0.05) is 12.2 Å². The first-order valence-electron chi connectivity index (χ1n) is 13.4. The zero-order chi connectivity index (χ0) is 28.3. The second kappa shape index (κ2) is 9.61. The number of anilines is 1. The molecule has 0 radical (unpaired) electrons. The summed E-state index contributed by atoms with van der Waals surface area (Å²) in [5.41, 5.74) is 0.753. The number of carboxylic acid groups (broad SMARTS) is 1. The van der Waals surface area contributed by atoms with Gasteiger partial charge in [-0.05, 0) is 55.9 Å². The normalized spacial score (nSPS) is 31.7. The molecule has 3 aliphatic rings. The SMILES string of the molecule is C=CCN(C(=O)C1N([C@H](CO)c2ccccc2)C(=O)[C@@H]2[C@H](C(=O)O)[C@@]3(C)OC12CC3C)c1cc(C)ccc1C. The Morgan fingerprint density at radius 3 is 2.54 bits per heavy atom. The number of hydrogen-bond donors (Lipinski definition) is 2. The number of aryl methyl sites for hydroxylation is 2. The molecule has 5 rings (SSSR count). The maximum absolute atomic E-state index is 14.8. The van der Waals surface area contributed by atoms with Gasteiger partial charge < -0.3 is 24.7 Å². The number of ether oxygens (including phenoxy) is 1. The lowest BCUT2D eigenvalue weighted by atomic mass is 9.62. The van der Waals surface area contributed by atoms with Crippen molar-refractivity contribution in [1.29, 1.82) is 0 Å². The molecule has 0 saturated carbocycles. The fourth-order valence-corrected chi connectivity index (χ4v) is 7.29. The van der Waals surface area contributed by atoms with E-state index in [9.17, 15) is 24.6 Å². The van der Waals surface area contributed by atoms with Crippen LogP contribution in [0.25, 0.3) is 0 Å². The number of aliphatic carboxylic acids is 1. The van der Waals surface area contributed by atoms with Crippen LogP contribution < -0.4 is 4.90 Å². The Bertz CT molecular complexity index is 1330. The Hall–Kier alpha value is -3.49. The molecule has 3 aliphatic heterocycles. The largest absolute Gasteiger partial charge is 0.481 e. The number of likely N-dealkylation sites (tertiary alicyclic amines) is 1. The van der Waals surface area contributed by atoms with E-state index in [0.29, 0.717) is 17.7 Å². The van der Waals surface area contributed by atoms with Gasteiger partial charge in [-0.3, -0.25) is 14.4 Å². The number of amides is 2. The van der Waals surface area contributed by atoms with Crippen LogP contribution in [0.15, 0.2) is 61.2 Å². The molecule has 1 spiro atoms. The first kappa shape index (κ1) is 27.1. The number of hydrogen-bond acceptors (Lipinski definition) is 5. The quantitative estimate of drug-likeness (QED) is 0.503. The molecule has 39 heavy (non-hydrogen) atoms. The van der Waals surface area contributed by atoms with Gasteiger partial charge in [-0.15, -0.1) is 6.58 Å². The van der Waals surface area contributed by atoms with Crippen LogP contribution in [0.4, 0.5) is 5.69 Å². The van der Waals surface area contributed by atoms with E-state index in [1.54, 1.807) is 42.2 Å². The van der Waals surface area contributed by atoms with E-state index in [1.807, 2.05) is 45.0 Å². The minimum atomic E-state index is -1.34. The van der Waals surface area contributed by atoms with Gasteiger partial charge in [-0.25, -0.2) is 0 Å². The van der Waals surface area contributed by atoms with E-state index in [1.165, 1.54) is 4.90 Å². The number of rotatable bonds is 8. The lowest BCUT2D eigenvalue weighted by molar-refractivity contribution is -0.157. The molecule has 2 aromatic rings. The molecule has 0 aliphatic carbocycles. The Kier molecular flexibility index (Phi) is 6.67. The van der Waals surface area contributed by atoms with E-state index < -0.39 is 53.6 Å². The molecule has 2 aromatic carbocycles. The van der Waals surface area contributed by atoms with Gasteiger partial charge in [0.25, 0.3) is 5.91 Å². The number of aliphatic hydroxyl groups is 1. The number of carbonyl (C=O) groups is 3. The van der Waals surface area contributed by atoms with Crippen molar-refractivity contribution in [2.24, 2.45) is 17.8 Å². The van der Waals surface area contributed by atoms with Gasteiger partial charge in [0.1, 0.15) is 17.6 Å². The zero-order valence-corrected chi connectivity index (χ0v) is 22.8. The number of aliphatic hydroxyl groups excluding tert-OH is 1. The van der Waals surface area contributed by atoms with Crippen LogP contribution in [0.5, 0.6) is 0 Å². The number of benzene rings is 2. The summed E-state index contributed by atoms with van der Waals surface area (Å²) in [6.45, 7) is 11.1. The number of fused-ring (bicyclic) bond motifs is 1. The van der Waals surface area contributed by atoms with Crippen molar-refractivity contribution in [2.45, 2.75) is 57.4 Å². The Labute approximate surface area is 228 Å². The summed E-state index contributed by atoms with van der Waals surface area (Å²) in [6.07, 6.45) is 1.99. The van der Waals surface area contributed by atoms with Crippen molar-refractivity contribution in [3.8, 4) is 0 Å². The predicted molar refractivity (Wildman–Crippen MR) is 146 cm³/mol. The standard InChI is InChI=1S/C31H36N2O6/c1-6-14-32(22-15-18(2)12-13-19(22)3)28(36)26-31-16-20(4)30(5,39-31)25(29(37)38)24(31)27(35)33(26)23(17-34)21-10-8-7-9-11-21/h6-13,15,20,23-26,34H,1,14,16-17H2,2-5H3,(H,37,38)/t20?,23-,24+,25-,26?,30+,31?/m1/s1. The molecule has 0 aromatic heterocycles. The van der Waals surface area contributed by atoms with Gasteiger partial charge in [-0.2, -0.15) is 0 Å². The Balaban J connectivity index is 1.72. The van der Waals surface area contributed by atoms with Crippen molar-refractivity contribution in [3.63, 3.8) is 0 Å². The van der Waals surface area contributed by atoms with Crippen molar-refractivity contribution < 1.29 is 29.3 Å². The van der Waals surface area contributed by atoms with Crippen molar-refractivity contribution in [3.05, 3.63) is 77.9 Å². The smallest absolute Gasteiger partial charge is 0.310 e. The average molecular weight is 533 g/mol. The summed E-state index contributed by atoms with van der Waals surface area (Å²) in [5, 5.41) is 20.9. The third-order valence-corrected chi connectivity index (χ3v) is 9.18. The third kappa shape index (κ3) is 3.84. The van der Waals surface area contributed by atoms with E-state index in [-0.39, 0.29) is 18.4 Å². The average Bonchev–Trinajstić information content (AvgIpc) is 3.42. The van der Waals surface area contributed by atoms with Crippen LogP contribution in [0.2, 0.25) is 0 Å². The number of nitrogens with zero attached hydrogens (tertiary/aromatic N) is 2. The van der Waals surface area contributed by atoms with Crippen LogP contribution in [0.3, 0.4) is 0 Å². The molecule has 2 amide bonds. The van der Waals surface area contributed by atoms with Gasteiger partial charge in [0.15, 0.2) is 0 Å². The molecule has 3 heterocycles. The lowest BCUT2D eigenvalue weighted by Gasteiger charge is -2.40. The first-order chi connectivity index (χ1) is 18.5. The summed E-state index contributed by atoms with van der Waals surface area (Å²) in [4.78, 5) is 44.8. The Morgan fingerprint density at radius 2 is 1.92 bits per heavy atom. The minimum Gasteiger partial charge on any atom is -0.481 e. The molecule has 8 heteroatoms. The van der Waals surface area contributed by atoms with E-state index in [2.05, 4.69) is 6.58 Å². The van der Waals surface area contributed by atoms with Crippen molar-refractivity contribution >= 4 is 23.5 Å². The van der Waals surface area contributed by atoms with Crippen LogP contribution >= 0.6 is 0 Å². The summed E-state index contributed by atoms with van der Waals surface area (Å²) in [7, 11) is 0. The van der Waals surface area contributed by atoms with E-state index in [4.69, 9.17) is 4.74 Å². The second-order valence-corrected chi connectivity index (χ2v) is 11.4. The maximum atomic E-state index is 14.8. The molecule has 7 atom stereocenters. The van der Waals surface area contributed by atoms with Crippen molar-refractivity contribution in [2.75, 3.05) is 18.1 Å². The molecule has 3 saturated heterocycles. The fourth-order valence-electron chi connectivity index (χ4n) is 7.29. The molecule has 3 fully saturated rings. The second-order valence-electron chi connectivity index (χ2n) is 11.4. The fraction of sp³-hybridized carbons (Fsp3) is 0.452. The molecular formula is C31H36N2O6. The van der Waals surface area contributed by atoms with Gasteiger partial charge in [-0.1, -0.05) is 55.5 Å². The van der Waals surface area contributed by atoms with Crippen LogP contribution in [-0.4, -0.2) is 63.3 Å². The molecule has 8 nitrogen and oxygen atoms in total. The van der Waals surface area contributed by atoms with Crippen molar-refractivity contribution in [1.82, 2.24) is 4.90 Å². The highest BCUT2D eigenvalue weighted by Gasteiger charge is 2.80. The van der Waals surface area contributed by atoms with Gasteiger partial charge in [0.05, 0.1) is 24.2 Å². The molecule has 2 N–H and O–H groups in total. The van der Waals surface area contributed by atoms with Crippen LogP contribution in [0.1, 0.15) is 43.0 Å². The highest BCUT2D eigenvalue weighted by Crippen LogP contribution is 2.66. The monoisotopic (exact) mass is 532 g/mol. The summed E-state index contributed by atoms with van der Waals surface area (Å²) in [5.74, 6) is -4.33. The highest BCUT2D eigenvalue weighted by atomic mass is 16.5. The van der Waals surface area contributed by atoms with Crippen LogP contribution in [-0.2, 0) is 19.1 Å². The highest BCUT2D eigenvalue weighted by molar-refractivity contribution is 6.05. The summed E-state index contributed by atoms with van der Waals surface area (Å²) in [6, 6.07) is 12.9. The lowest BCUT2D eigenvalue weighted by Crippen LogP contribution is -2.57. The van der Waals surface area contributed by atoms with Gasteiger partial charge >= 0.3 is 5.97 Å². The van der Waals surface area contributed by atoms with E-state index >= 15 is 0 Å². The minimum absolute atomic E-state index is 0.187. The van der Waals surface area contributed by atoms with Crippen LogP contribution in [0, 0.1) is 31.6 Å². The van der Waals surface area contributed by atoms with E-state index in [0.717, 1.165) is 11.1 Å². The van der Waals surface area contributed by atoms with Gasteiger partial charge in [0.2, 0.25) is 5.91 Å². The number of carbonyl (C=O) groups excluding carboxylic acids is 2. The summed E-state index contributed by atoms with van der Waals surface area (Å²) < 4.78 is 6.64. The Morgan fingerprint density at radius 1 is 1.23 bits per heavy atom. The molecule has 3 unspecified atom stereocenters.